The number of nitrogens with zero attached hydrogens (tertiary/aromatic N) is 2. The lowest BCUT2D eigenvalue weighted by Gasteiger charge is -2.26. The Hall–Kier alpha value is -2.49. The number of amides is 1. The molecular weight excluding hydrogens is 394 g/mol. The van der Waals surface area contributed by atoms with Gasteiger partial charge in [-0.1, -0.05) is 6.92 Å². The first kappa shape index (κ1) is 21.2. The number of rotatable bonds is 7. The van der Waals surface area contributed by atoms with Crippen molar-refractivity contribution >= 4 is 21.6 Å². The summed E-state index contributed by atoms with van der Waals surface area (Å²) in [5, 5.41) is 2.76. The zero-order valence-corrected chi connectivity index (χ0v) is 17.4. The molecule has 1 aromatic heterocycles. The Morgan fingerprint density at radius 3 is 2.52 bits per heavy atom. The summed E-state index contributed by atoms with van der Waals surface area (Å²) in [4.78, 5) is 12.4. The molecule has 0 aliphatic carbocycles. The number of aromatic nitrogens is 1. The molecule has 0 bridgehead atoms. The molecule has 29 heavy (non-hydrogen) atoms. The average molecular weight is 421 g/mol. The lowest BCUT2D eigenvalue weighted by molar-refractivity contribution is -0.684. The van der Waals surface area contributed by atoms with E-state index < -0.39 is 10.0 Å². The van der Waals surface area contributed by atoms with Crippen molar-refractivity contribution in [1.29, 1.82) is 0 Å². The van der Waals surface area contributed by atoms with Crippen molar-refractivity contribution in [3.63, 3.8) is 0 Å². The predicted octanol–water partition coefficient (Wildman–Crippen LogP) is 1.20. The topological polar surface area (TPSA) is 88.8 Å². The highest BCUT2D eigenvalue weighted by molar-refractivity contribution is 7.89. The van der Waals surface area contributed by atoms with Crippen LogP contribution in [0.25, 0.3) is 0 Å². The number of hydrogen-bond donors (Lipinski definition) is 1. The Morgan fingerprint density at radius 1 is 1.21 bits per heavy atom. The SMILES string of the molecule is CCc1cc[n+](CC(=O)Nc2ccc(OC)c(S(=O)(=O)N3CCOCC3)c2)cc1. The summed E-state index contributed by atoms with van der Waals surface area (Å²) in [6.07, 6.45) is 4.63. The second-order valence-corrected chi connectivity index (χ2v) is 8.57. The van der Waals surface area contributed by atoms with Gasteiger partial charge in [0.05, 0.1) is 20.3 Å². The van der Waals surface area contributed by atoms with Crippen LogP contribution < -0.4 is 14.6 Å². The molecule has 1 amide bonds. The van der Waals surface area contributed by atoms with Crippen LogP contribution in [0.1, 0.15) is 12.5 Å². The van der Waals surface area contributed by atoms with E-state index in [0.29, 0.717) is 18.9 Å². The van der Waals surface area contributed by atoms with E-state index in [2.05, 4.69) is 12.2 Å². The first-order valence-electron chi connectivity index (χ1n) is 9.48. The molecule has 156 valence electrons. The van der Waals surface area contributed by atoms with Crippen molar-refractivity contribution < 1.29 is 27.3 Å². The van der Waals surface area contributed by atoms with Crippen molar-refractivity contribution in [1.82, 2.24) is 4.31 Å². The van der Waals surface area contributed by atoms with E-state index >= 15 is 0 Å². The molecule has 2 heterocycles. The third-order valence-electron chi connectivity index (χ3n) is 4.73. The number of aryl methyl sites for hydroxylation is 1. The first-order valence-corrected chi connectivity index (χ1v) is 10.9. The quantitative estimate of drug-likeness (QED) is 0.680. The van der Waals surface area contributed by atoms with Crippen molar-refractivity contribution in [3.8, 4) is 5.75 Å². The lowest BCUT2D eigenvalue weighted by atomic mass is 10.2. The average Bonchev–Trinajstić information content (AvgIpc) is 2.74. The molecule has 0 atom stereocenters. The number of ether oxygens (including phenoxy) is 2. The molecule has 9 heteroatoms. The fraction of sp³-hybridized carbons (Fsp3) is 0.400. The van der Waals surface area contributed by atoms with Gasteiger partial charge < -0.3 is 14.8 Å². The fourth-order valence-electron chi connectivity index (χ4n) is 3.08. The summed E-state index contributed by atoms with van der Waals surface area (Å²) in [6, 6.07) is 8.54. The molecule has 0 spiro atoms. The zero-order valence-electron chi connectivity index (χ0n) is 16.6. The van der Waals surface area contributed by atoms with Gasteiger partial charge in [0.15, 0.2) is 12.4 Å². The van der Waals surface area contributed by atoms with Crippen LogP contribution >= 0.6 is 0 Å². The predicted molar refractivity (Wildman–Crippen MR) is 107 cm³/mol. The van der Waals surface area contributed by atoms with Crippen LogP contribution in [0.5, 0.6) is 5.75 Å². The maximum Gasteiger partial charge on any atom is 0.290 e. The van der Waals surface area contributed by atoms with E-state index in [1.807, 2.05) is 24.5 Å². The minimum atomic E-state index is -3.76. The summed E-state index contributed by atoms with van der Waals surface area (Å²) < 4.78 is 39.7. The molecular formula is C20H26N3O5S+. The number of carbonyl (C=O) groups is 1. The van der Waals surface area contributed by atoms with Crippen LogP contribution in [0.3, 0.4) is 0 Å². The van der Waals surface area contributed by atoms with E-state index in [-0.39, 0.29) is 36.2 Å². The summed E-state index contributed by atoms with van der Waals surface area (Å²) in [5.41, 5.74) is 1.59. The number of carbonyl (C=O) groups excluding carboxylic acids is 1. The van der Waals surface area contributed by atoms with Crippen LogP contribution in [-0.4, -0.2) is 52.0 Å². The highest BCUT2D eigenvalue weighted by Crippen LogP contribution is 2.30. The smallest absolute Gasteiger partial charge is 0.290 e. The number of nitrogens with one attached hydrogen (secondary N) is 1. The Balaban J connectivity index is 1.77. The van der Waals surface area contributed by atoms with Gasteiger partial charge >= 0.3 is 0 Å². The van der Waals surface area contributed by atoms with Crippen LogP contribution in [0.15, 0.2) is 47.6 Å². The number of pyridine rings is 1. The van der Waals surface area contributed by atoms with Gasteiger partial charge in [0.1, 0.15) is 10.6 Å². The van der Waals surface area contributed by atoms with Gasteiger partial charge in [-0.2, -0.15) is 8.87 Å². The van der Waals surface area contributed by atoms with Crippen molar-refractivity contribution in [2.45, 2.75) is 24.8 Å². The molecule has 3 rings (SSSR count). The Labute approximate surface area is 171 Å². The Bertz CT molecular complexity index is 955. The molecule has 1 aliphatic rings. The molecule has 0 unspecified atom stereocenters. The maximum absolute atomic E-state index is 13.0. The van der Waals surface area contributed by atoms with Gasteiger partial charge in [-0.3, -0.25) is 4.79 Å². The highest BCUT2D eigenvalue weighted by atomic mass is 32.2. The number of benzene rings is 1. The van der Waals surface area contributed by atoms with Gasteiger partial charge in [0, 0.05) is 30.9 Å². The lowest BCUT2D eigenvalue weighted by Crippen LogP contribution is -2.41. The minimum absolute atomic E-state index is 0.0275. The first-order chi connectivity index (χ1) is 13.9. The van der Waals surface area contributed by atoms with E-state index in [0.717, 1.165) is 6.42 Å². The molecule has 1 aromatic carbocycles. The standard InChI is InChI=1S/C20H25N3O5S/c1-3-16-6-8-22(9-7-16)15-20(24)21-17-4-5-18(27-2)19(14-17)29(25,26)23-10-12-28-13-11-23/h4-9,14H,3,10-13,15H2,1-2H3/p+1. The highest BCUT2D eigenvalue weighted by Gasteiger charge is 2.29. The molecule has 0 radical (unpaired) electrons. The third-order valence-corrected chi connectivity index (χ3v) is 6.65. The summed E-state index contributed by atoms with van der Waals surface area (Å²) in [7, 11) is -2.34. The summed E-state index contributed by atoms with van der Waals surface area (Å²) in [6.45, 7) is 3.47. The number of morpholine rings is 1. The van der Waals surface area contributed by atoms with E-state index in [9.17, 15) is 13.2 Å². The van der Waals surface area contributed by atoms with Gasteiger partial charge in [0.25, 0.3) is 5.91 Å². The van der Waals surface area contributed by atoms with Gasteiger partial charge in [-0.05, 0) is 30.2 Å². The normalized spacial score (nSPS) is 15.1. The summed E-state index contributed by atoms with van der Waals surface area (Å²) >= 11 is 0. The van der Waals surface area contributed by atoms with E-state index in [4.69, 9.17) is 9.47 Å². The molecule has 1 saturated heterocycles. The molecule has 8 nitrogen and oxygen atoms in total. The molecule has 1 N–H and O–H groups in total. The number of anilines is 1. The van der Waals surface area contributed by atoms with Crippen molar-refractivity contribution in [2.75, 3.05) is 38.7 Å². The fourth-order valence-corrected chi connectivity index (χ4v) is 4.67. The van der Waals surface area contributed by atoms with Crippen LogP contribution in [0.2, 0.25) is 0 Å². The largest absolute Gasteiger partial charge is 0.495 e. The Kier molecular flexibility index (Phi) is 6.83. The van der Waals surface area contributed by atoms with Gasteiger partial charge in [-0.15, -0.1) is 0 Å². The maximum atomic E-state index is 13.0. The number of hydrogen-bond acceptors (Lipinski definition) is 5. The number of sulfonamides is 1. The van der Waals surface area contributed by atoms with E-state index in [1.165, 1.54) is 23.0 Å². The molecule has 2 aromatic rings. The second kappa shape index (κ2) is 9.34. The van der Waals surface area contributed by atoms with Gasteiger partial charge in [-0.25, -0.2) is 8.42 Å². The van der Waals surface area contributed by atoms with Crippen molar-refractivity contribution in [3.05, 3.63) is 48.3 Å². The zero-order chi connectivity index (χ0) is 20.9. The van der Waals surface area contributed by atoms with E-state index in [1.54, 1.807) is 16.7 Å². The summed E-state index contributed by atoms with van der Waals surface area (Å²) in [5.74, 6) is -0.0156. The van der Waals surface area contributed by atoms with Crippen molar-refractivity contribution in [2.24, 2.45) is 0 Å². The van der Waals surface area contributed by atoms with Crippen LogP contribution in [-0.2, 0) is 32.5 Å². The minimum Gasteiger partial charge on any atom is -0.495 e. The molecule has 0 saturated carbocycles. The van der Waals surface area contributed by atoms with Crippen LogP contribution in [0.4, 0.5) is 5.69 Å². The van der Waals surface area contributed by atoms with Crippen LogP contribution in [0, 0.1) is 0 Å². The third kappa shape index (κ3) is 5.11. The number of methoxy groups -OCH3 is 1. The second-order valence-electron chi connectivity index (χ2n) is 6.66. The molecule has 1 fully saturated rings. The monoisotopic (exact) mass is 420 g/mol. The van der Waals surface area contributed by atoms with Gasteiger partial charge in [0.2, 0.25) is 16.6 Å². The Morgan fingerprint density at radius 2 is 1.90 bits per heavy atom. The molecule has 1 aliphatic heterocycles.